The van der Waals surface area contributed by atoms with Crippen molar-refractivity contribution in [2.24, 2.45) is 0 Å². The Morgan fingerprint density at radius 1 is 1.13 bits per heavy atom. The molecule has 1 heterocycles. The molecule has 0 saturated carbocycles. The molecule has 172 valence electrons. The first-order valence-electron chi connectivity index (χ1n) is 10.8. The Morgan fingerprint density at radius 2 is 1.81 bits per heavy atom. The molecular formula is C24H35NO6. The Bertz CT molecular complexity index is 917. The van der Waals surface area contributed by atoms with Crippen LogP contribution in [0, 0.1) is 0 Å². The third-order valence-corrected chi connectivity index (χ3v) is 4.68. The van der Waals surface area contributed by atoms with Crippen molar-refractivity contribution in [2.45, 2.75) is 78.9 Å². The van der Waals surface area contributed by atoms with Crippen molar-refractivity contribution in [3.8, 4) is 5.75 Å². The fourth-order valence-corrected chi connectivity index (χ4v) is 3.38. The zero-order valence-corrected chi connectivity index (χ0v) is 19.7. The average Bonchev–Trinajstić information content (AvgIpc) is 2.99. The number of nitrogens with zero attached hydrogens (tertiary/aromatic N) is 1. The lowest BCUT2D eigenvalue weighted by atomic mass is 10.0. The molecule has 0 bridgehead atoms. The monoisotopic (exact) mass is 433 g/mol. The summed E-state index contributed by atoms with van der Waals surface area (Å²) in [6.45, 7) is 14.3. The van der Waals surface area contributed by atoms with Crippen molar-refractivity contribution in [1.82, 2.24) is 4.90 Å². The molecule has 0 aliphatic heterocycles. The lowest BCUT2D eigenvalue weighted by Gasteiger charge is -2.36. The molecule has 0 spiro atoms. The number of fused-ring (bicyclic) bond motifs is 1. The molecule has 7 heteroatoms. The smallest absolute Gasteiger partial charge is 0.410 e. The molecule has 0 radical (unpaired) electrons. The van der Waals surface area contributed by atoms with Crippen molar-refractivity contribution >= 4 is 23.0 Å². The van der Waals surface area contributed by atoms with Crippen LogP contribution in [-0.4, -0.2) is 46.4 Å². The molecule has 0 atom stereocenters. The number of benzene rings is 1. The van der Waals surface area contributed by atoms with E-state index < -0.39 is 17.1 Å². The third kappa shape index (κ3) is 6.39. The van der Waals surface area contributed by atoms with Crippen LogP contribution in [0.2, 0.25) is 0 Å². The second-order valence-electron chi connectivity index (χ2n) is 9.60. The number of carboxylic acid groups (broad SMARTS) is 1. The molecule has 2 aromatic rings. The molecule has 1 aromatic heterocycles. The van der Waals surface area contributed by atoms with E-state index in [1.54, 1.807) is 17.0 Å². The first-order chi connectivity index (χ1) is 14.3. The van der Waals surface area contributed by atoms with Gasteiger partial charge in [-0.2, -0.15) is 0 Å². The van der Waals surface area contributed by atoms with Crippen LogP contribution in [0.5, 0.6) is 5.75 Å². The van der Waals surface area contributed by atoms with Crippen LogP contribution < -0.4 is 4.74 Å². The van der Waals surface area contributed by atoms with Gasteiger partial charge in [-0.05, 0) is 66.5 Å². The summed E-state index contributed by atoms with van der Waals surface area (Å²) in [6, 6.07) is 5.35. The maximum Gasteiger partial charge on any atom is 0.410 e. The summed E-state index contributed by atoms with van der Waals surface area (Å²) in [6.07, 6.45) is 1.62. The van der Waals surface area contributed by atoms with Crippen LogP contribution in [-0.2, 0) is 11.2 Å². The lowest BCUT2D eigenvalue weighted by Crippen LogP contribution is -2.48. The molecule has 0 unspecified atom stereocenters. The molecular weight excluding hydrogens is 398 g/mol. The van der Waals surface area contributed by atoms with Gasteiger partial charge in [0.1, 0.15) is 16.9 Å². The standard InChI is InChI=1S/C24H35NO6/c1-8-11-16-19-17(12-9-13-18(19)30-20(16)21(26)27)29-15-10-14-25(23(2,3)4)22(28)31-24(5,6)7/h9,12-13H,8,10-11,14-15H2,1-7H3,(H,26,27). The first-order valence-corrected chi connectivity index (χ1v) is 10.8. The summed E-state index contributed by atoms with van der Waals surface area (Å²) < 4.78 is 17.1. The van der Waals surface area contributed by atoms with Gasteiger partial charge in [-0.3, -0.25) is 0 Å². The van der Waals surface area contributed by atoms with E-state index in [1.165, 1.54) is 0 Å². The molecule has 0 fully saturated rings. The van der Waals surface area contributed by atoms with Crippen LogP contribution in [0.1, 0.15) is 77.4 Å². The molecule has 0 aliphatic rings. The highest BCUT2D eigenvalue weighted by atomic mass is 16.6. The van der Waals surface area contributed by atoms with E-state index in [4.69, 9.17) is 13.9 Å². The number of aryl methyl sites for hydroxylation is 1. The minimum Gasteiger partial charge on any atom is -0.493 e. The van der Waals surface area contributed by atoms with Gasteiger partial charge in [-0.1, -0.05) is 19.4 Å². The van der Waals surface area contributed by atoms with E-state index >= 15 is 0 Å². The Hall–Kier alpha value is -2.70. The average molecular weight is 434 g/mol. The van der Waals surface area contributed by atoms with Crippen molar-refractivity contribution in [3.05, 3.63) is 29.5 Å². The zero-order valence-electron chi connectivity index (χ0n) is 19.7. The molecule has 0 aliphatic carbocycles. The second kappa shape index (κ2) is 9.62. The molecule has 1 aromatic carbocycles. The van der Waals surface area contributed by atoms with Crippen LogP contribution in [0.3, 0.4) is 0 Å². The highest BCUT2D eigenvalue weighted by Gasteiger charge is 2.30. The number of hydrogen-bond donors (Lipinski definition) is 1. The number of carboxylic acids is 1. The summed E-state index contributed by atoms with van der Waals surface area (Å²) in [4.78, 5) is 25.9. The Kier molecular flexibility index (Phi) is 7.63. The van der Waals surface area contributed by atoms with Gasteiger partial charge in [0.05, 0.1) is 12.0 Å². The SMILES string of the molecule is CCCc1c(C(=O)O)oc2cccc(OCCCN(C(=O)OC(C)(C)C)C(C)(C)C)c12. The molecule has 1 amide bonds. The quantitative estimate of drug-likeness (QED) is 0.522. The molecule has 7 nitrogen and oxygen atoms in total. The van der Waals surface area contributed by atoms with E-state index in [0.717, 1.165) is 6.42 Å². The van der Waals surface area contributed by atoms with E-state index in [9.17, 15) is 14.7 Å². The molecule has 2 rings (SSSR count). The van der Waals surface area contributed by atoms with Gasteiger partial charge in [-0.25, -0.2) is 9.59 Å². The summed E-state index contributed by atoms with van der Waals surface area (Å²) in [7, 11) is 0. The number of amides is 1. The van der Waals surface area contributed by atoms with Crippen LogP contribution in [0.25, 0.3) is 11.0 Å². The number of furan rings is 1. The van der Waals surface area contributed by atoms with E-state index in [1.807, 2.05) is 54.5 Å². The van der Waals surface area contributed by atoms with Crippen molar-refractivity contribution in [3.63, 3.8) is 0 Å². The lowest BCUT2D eigenvalue weighted by molar-refractivity contribution is 0.00520. The Morgan fingerprint density at radius 3 is 2.35 bits per heavy atom. The van der Waals surface area contributed by atoms with Gasteiger partial charge in [-0.15, -0.1) is 0 Å². The number of ether oxygens (including phenoxy) is 2. The number of carbonyl (C=O) groups is 2. The van der Waals surface area contributed by atoms with Gasteiger partial charge in [0, 0.05) is 17.6 Å². The number of aromatic carboxylic acids is 1. The largest absolute Gasteiger partial charge is 0.493 e. The summed E-state index contributed by atoms with van der Waals surface area (Å²) in [5, 5.41) is 10.2. The fraction of sp³-hybridized carbons (Fsp3) is 0.583. The minimum atomic E-state index is -1.08. The van der Waals surface area contributed by atoms with E-state index in [0.29, 0.717) is 48.3 Å². The second-order valence-corrected chi connectivity index (χ2v) is 9.60. The first kappa shape index (κ1) is 24.6. The van der Waals surface area contributed by atoms with Crippen molar-refractivity contribution in [2.75, 3.05) is 13.2 Å². The van der Waals surface area contributed by atoms with Gasteiger partial charge >= 0.3 is 12.1 Å². The normalized spacial score (nSPS) is 12.1. The molecule has 1 N–H and O–H groups in total. The van der Waals surface area contributed by atoms with Gasteiger partial charge in [0.25, 0.3) is 0 Å². The third-order valence-electron chi connectivity index (χ3n) is 4.68. The predicted molar refractivity (Wildman–Crippen MR) is 120 cm³/mol. The topological polar surface area (TPSA) is 89.2 Å². The highest BCUT2D eigenvalue weighted by molar-refractivity contribution is 5.97. The van der Waals surface area contributed by atoms with Crippen molar-refractivity contribution < 1.29 is 28.6 Å². The predicted octanol–water partition coefficient (Wildman–Crippen LogP) is 5.89. The molecule has 31 heavy (non-hydrogen) atoms. The fourth-order valence-electron chi connectivity index (χ4n) is 3.38. The highest BCUT2D eigenvalue weighted by Crippen LogP contribution is 2.34. The van der Waals surface area contributed by atoms with E-state index in [2.05, 4.69) is 0 Å². The van der Waals surface area contributed by atoms with Gasteiger partial charge < -0.3 is 23.9 Å². The van der Waals surface area contributed by atoms with Gasteiger partial charge in [0.15, 0.2) is 0 Å². The van der Waals surface area contributed by atoms with Crippen LogP contribution in [0.4, 0.5) is 4.79 Å². The van der Waals surface area contributed by atoms with Crippen LogP contribution >= 0.6 is 0 Å². The van der Waals surface area contributed by atoms with E-state index in [-0.39, 0.29) is 11.9 Å². The summed E-state index contributed by atoms with van der Waals surface area (Å²) >= 11 is 0. The van der Waals surface area contributed by atoms with Crippen LogP contribution in [0.15, 0.2) is 22.6 Å². The number of rotatable bonds is 8. The number of hydrogen-bond acceptors (Lipinski definition) is 5. The van der Waals surface area contributed by atoms with Crippen molar-refractivity contribution in [1.29, 1.82) is 0 Å². The Balaban J connectivity index is 2.14. The van der Waals surface area contributed by atoms with Gasteiger partial charge in [0.2, 0.25) is 5.76 Å². The maximum absolute atomic E-state index is 12.6. The Labute approximate surface area is 184 Å². The zero-order chi connectivity index (χ0) is 23.4. The summed E-state index contributed by atoms with van der Waals surface area (Å²) in [5.41, 5.74) is 0.206. The maximum atomic E-state index is 12.6. The minimum absolute atomic E-state index is 0.0308. The summed E-state index contributed by atoms with van der Waals surface area (Å²) in [5.74, 6) is -0.516. The number of carbonyl (C=O) groups excluding carboxylic acids is 1. The molecule has 0 saturated heterocycles.